The highest BCUT2D eigenvalue weighted by Crippen LogP contribution is 2.14. The van der Waals surface area contributed by atoms with Crippen molar-refractivity contribution in [1.82, 2.24) is 4.98 Å². The maximum atomic E-state index is 11.0. The summed E-state index contributed by atoms with van der Waals surface area (Å²) in [5.41, 5.74) is 0.601. The molecule has 2 rings (SSSR count). The molecule has 0 radical (unpaired) electrons. The standard InChI is InChI=1S/C12H15NO3/c1-9(14)10-4-5-12(13-7-10)16-8-11-3-2-6-15-11/h4-5,7,11H,2-3,6,8H2,1H3. The number of rotatable bonds is 4. The first kappa shape index (κ1) is 11.1. The molecule has 16 heavy (non-hydrogen) atoms. The summed E-state index contributed by atoms with van der Waals surface area (Å²) in [6, 6.07) is 3.44. The van der Waals surface area contributed by atoms with Crippen molar-refractivity contribution in [1.29, 1.82) is 0 Å². The molecule has 0 spiro atoms. The Labute approximate surface area is 94.6 Å². The molecule has 1 aromatic rings. The Balaban J connectivity index is 1.87. The van der Waals surface area contributed by atoms with Crippen molar-refractivity contribution in [3.63, 3.8) is 0 Å². The van der Waals surface area contributed by atoms with Gasteiger partial charge in [0.25, 0.3) is 0 Å². The Morgan fingerprint density at radius 2 is 2.50 bits per heavy atom. The highest BCUT2D eigenvalue weighted by Gasteiger charge is 2.16. The second-order valence-corrected chi connectivity index (χ2v) is 3.89. The highest BCUT2D eigenvalue weighted by molar-refractivity contribution is 5.93. The van der Waals surface area contributed by atoms with Crippen LogP contribution in [0.3, 0.4) is 0 Å². The minimum atomic E-state index is 0.0122. The third kappa shape index (κ3) is 2.79. The van der Waals surface area contributed by atoms with Crippen LogP contribution in [-0.2, 0) is 4.74 Å². The van der Waals surface area contributed by atoms with E-state index in [0.29, 0.717) is 18.1 Å². The van der Waals surface area contributed by atoms with Crippen LogP contribution in [0, 0.1) is 0 Å². The molecular formula is C12H15NO3. The van der Waals surface area contributed by atoms with Crippen LogP contribution in [0.1, 0.15) is 30.1 Å². The molecule has 0 aromatic carbocycles. The topological polar surface area (TPSA) is 48.4 Å². The molecule has 1 unspecified atom stereocenters. The van der Waals surface area contributed by atoms with Crippen molar-refractivity contribution in [2.24, 2.45) is 0 Å². The van der Waals surface area contributed by atoms with Crippen molar-refractivity contribution < 1.29 is 14.3 Å². The van der Waals surface area contributed by atoms with Gasteiger partial charge in [0.2, 0.25) is 5.88 Å². The van der Waals surface area contributed by atoms with E-state index >= 15 is 0 Å². The van der Waals surface area contributed by atoms with Gasteiger partial charge in [-0.25, -0.2) is 4.98 Å². The summed E-state index contributed by atoms with van der Waals surface area (Å²) in [6.45, 7) is 2.88. The molecule has 0 bridgehead atoms. The molecule has 0 N–H and O–H groups in total. The lowest BCUT2D eigenvalue weighted by Gasteiger charge is -2.10. The van der Waals surface area contributed by atoms with E-state index < -0.39 is 0 Å². The maximum absolute atomic E-state index is 11.0. The number of ether oxygens (including phenoxy) is 2. The molecule has 86 valence electrons. The lowest BCUT2D eigenvalue weighted by atomic mass is 10.2. The van der Waals surface area contributed by atoms with Gasteiger partial charge in [-0.1, -0.05) is 0 Å². The molecule has 1 aliphatic rings. The first-order chi connectivity index (χ1) is 7.75. The van der Waals surface area contributed by atoms with Gasteiger partial charge >= 0.3 is 0 Å². The van der Waals surface area contributed by atoms with Crippen LogP contribution in [0.5, 0.6) is 5.88 Å². The van der Waals surface area contributed by atoms with Crippen LogP contribution in [0.25, 0.3) is 0 Å². The zero-order valence-electron chi connectivity index (χ0n) is 9.31. The molecule has 1 atom stereocenters. The summed E-state index contributed by atoms with van der Waals surface area (Å²) >= 11 is 0. The zero-order chi connectivity index (χ0) is 11.4. The molecule has 4 nitrogen and oxygen atoms in total. The van der Waals surface area contributed by atoms with E-state index in [9.17, 15) is 4.79 Å². The third-order valence-electron chi connectivity index (χ3n) is 2.58. The van der Waals surface area contributed by atoms with E-state index in [1.165, 1.54) is 13.1 Å². The van der Waals surface area contributed by atoms with Crippen LogP contribution in [0.15, 0.2) is 18.3 Å². The van der Waals surface area contributed by atoms with Crippen molar-refractivity contribution in [3.05, 3.63) is 23.9 Å². The fourth-order valence-electron chi connectivity index (χ4n) is 1.63. The SMILES string of the molecule is CC(=O)c1ccc(OCC2CCCO2)nc1. The lowest BCUT2D eigenvalue weighted by molar-refractivity contribution is 0.0663. The Morgan fingerprint density at radius 3 is 3.06 bits per heavy atom. The van der Waals surface area contributed by atoms with Gasteiger partial charge in [0.05, 0.1) is 6.10 Å². The van der Waals surface area contributed by atoms with Crippen molar-refractivity contribution in [2.45, 2.75) is 25.9 Å². The smallest absolute Gasteiger partial charge is 0.213 e. The first-order valence-corrected chi connectivity index (χ1v) is 5.47. The fourth-order valence-corrected chi connectivity index (χ4v) is 1.63. The Morgan fingerprint density at radius 1 is 1.62 bits per heavy atom. The van der Waals surface area contributed by atoms with Gasteiger partial charge in [-0.3, -0.25) is 4.79 Å². The zero-order valence-corrected chi connectivity index (χ0v) is 9.31. The first-order valence-electron chi connectivity index (χ1n) is 5.47. The summed E-state index contributed by atoms with van der Waals surface area (Å²) < 4.78 is 10.9. The Hall–Kier alpha value is -1.42. The number of Topliss-reactive ketones (excluding diaryl/α,β-unsaturated/α-hetero) is 1. The van der Waals surface area contributed by atoms with Gasteiger partial charge in [-0.05, 0) is 25.8 Å². The molecule has 0 aliphatic carbocycles. The third-order valence-corrected chi connectivity index (χ3v) is 2.58. The molecule has 0 amide bonds. The molecule has 1 saturated heterocycles. The van der Waals surface area contributed by atoms with Gasteiger partial charge in [-0.15, -0.1) is 0 Å². The molecule has 4 heteroatoms. The van der Waals surface area contributed by atoms with Crippen LogP contribution in [-0.4, -0.2) is 30.1 Å². The summed E-state index contributed by atoms with van der Waals surface area (Å²) in [5.74, 6) is 0.554. The van der Waals surface area contributed by atoms with Crippen LogP contribution in [0.2, 0.25) is 0 Å². The molecular weight excluding hydrogens is 206 g/mol. The number of carbonyl (C=O) groups excluding carboxylic acids is 1. The Kier molecular flexibility index (Phi) is 3.51. The normalized spacial score (nSPS) is 19.7. The number of nitrogens with zero attached hydrogens (tertiary/aromatic N) is 1. The van der Waals surface area contributed by atoms with Gasteiger partial charge in [0.15, 0.2) is 5.78 Å². The lowest BCUT2D eigenvalue weighted by Crippen LogP contribution is -2.16. The second kappa shape index (κ2) is 5.07. The number of hydrogen-bond acceptors (Lipinski definition) is 4. The predicted molar refractivity (Wildman–Crippen MR) is 58.7 cm³/mol. The number of aromatic nitrogens is 1. The quantitative estimate of drug-likeness (QED) is 0.728. The van der Waals surface area contributed by atoms with Crippen LogP contribution in [0.4, 0.5) is 0 Å². The Bertz CT molecular complexity index is 355. The average molecular weight is 221 g/mol. The maximum Gasteiger partial charge on any atom is 0.213 e. The minimum absolute atomic E-state index is 0.0122. The van der Waals surface area contributed by atoms with Gasteiger partial charge < -0.3 is 9.47 Å². The monoisotopic (exact) mass is 221 g/mol. The summed E-state index contributed by atoms with van der Waals surface area (Å²) in [7, 11) is 0. The number of hydrogen-bond donors (Lipinski definition) is 0. The van der Waals surface area contributed by atoms with Crippen molar-refractivity contribution in [2.75, 3.05) is 13.2 Å². The minimum Gasteiger partial charge on any atom is -0.475 e. The predicted octanol–water partition coefficient (Wildman–Crippen LogP) is 1.84. The molecule has 1 aliphatic heterocycles. The van der Waals surface area contributed by atoms with E-state index in [2.05, 4.69) is 4.98 Å². The van der Waals surface area contributed by atoms with Gasteiger partial charge in [-0.2, -0.15) is 0 Å². The van der Waals surface area contributed by atoms with Crippen LogP contribution >= 0.6 is 0 Å². The molecule has 0 saturated carbocycles. The van der Waals surface area contributed by atoms with E-state index in [0.717, 1.165) is 19.4 Å². The molecule has 2 heterocycles. The molecule has 1 aromatic heterocycles. The van der Waals surface area contributed by atoms with Crippen molar-refractivity contribution >= 4 is 5.78 Å². The fraction of sp³-hybridized carbons (Fsp3) is 0.500. The highest BCUT2D eigenvalue weighted by atomic mass is 16.5. The summed E-state index contributed by atoms with van der Waals surface area (Å²) in [6.07, 6.45) is 3.87. The number of pyridine rings is 1. The largest absolute Gasteiger partial charge is 0.475 e. The van der Waals surface area contributed by atoms with E-state index in [-0.39, 0.29) is 11.9 Å². The second-order valence-electron chi connectivity index (χ2n) is 3.89. The number of ketones is 1. The van der Waals surface area contributed by atoms with E-state index in [1.807, 2.05) is 0 Å². The van der Waals surface area contributed by atoms with Crippen LogP contribution < -0.4 is 4.74 Å². The van der Waals surface area contributed by atoms with E-state index in [4.69, 9.17) is 9.47 Å². The summed E-state index contributed by atoms with van der Waals surface area (Å²) in [5, 5.41) is 0. The summed E-state index contributed by atoms with van der Waals surface area (Å²) in [4.78, 5) is 15.1. The van der Waals surface area contributed by atoms with Gasteiger partial charge in [0, 0.05) is 24.4 Å². The molecule has 1 fully saturated rings. The van der Waals surface area contributed by atoms with E-state index in [1.54, 1.807) is 12.1 Å². The van der Waals surface area contributed by atoms with Gasteiger partial charge in [0.1, 0.15) is 6.61 Å². The number of carbonyl (C=O) groups is 1. The average Bonchev–Trinajstić information content (AvgIpc) is 2.80. The van der Waals surface area contributed by atoms with Crippen molar-refractivity contribution in [3.8, 4) is 5.88 Å².